The third-order valence-electron chi connectivity index (χ3n) is 2.31. The second-order valence-electron chi connectivity index (χ2n) is 3.74. The quantitative estimate of drug-likeness (QED) is 0.749. The van der Waals surface area contributed by atoms with Gasteiger partial charge in [0, 0.05) is 6.08 Å². The maximum absolute atomic E-state index is 11.0. The minimum Gasteiger partial charge on any atom is -0.493 e. The Balaban J connectivity index is 3.02. The van der Waals surface area contributed by atoms with Crippen molar-refractivity contribution in [3.05, 3.63) is 29.8 Å². The molecule has 1 rings (SSSR count). The van der Waals surface area contributed by atoms with Gasteiger partial charge in [-0.3, -0.25) is 4.79 Å². The Hall–Kier alpha value is -2.50. The standard InChI is InChI=1S/C13H15NO5/c1-8(13(14)17)19-11-7-9(4-6-12(15)16)3-5-10(11)18-2/h3-8H,1-2H3,(H2,14,17)(H,15,16)/b6-4+. The van der Waals surface area contributed by atoms with Crippen molar-refractivity contribution >= 4 is 18.0 Å². The first-order valence-corrected chi connectivity index (χ1v) is 5.49. The first-order valence-electron chi connectivity index (χ1n) is 5.49. The number of carboxylic acid groups (broad SMARTS) is 1. The summed E-state index contributed by atoms with van der Waals surface area (Å²) in [6.45, 7) is 1.52. The second kappa shape index (κ2) is 6.44. The smallest absolute Gasteiger partial charge is 0.328 e. The molecule has 0 bridgehead atoms. The maximum Gasteiger partial charge on any atom is 0.328 e. The van der Waals surface area contributed by atoms with Crippen LogP contribution < -0.4 is 15.2 Å². The fourth-order valence-electron chi connectivity index (χ4n) is 1.31. The van der Waals surface area contributed by atoms with Crippen molar-refractivity contribution in [3.8, 4) is 11.5 Å². The van der Waals surface area contributed by atoms with Gasteiger partial charge in [0.2, 0.25) is 0 Å². The van der Waals surface area contributed by atoms with Crippen molar-refractivity contribution in [1.29, 1.82) is 0 Å². The summed E-state index contributed by atoms with van der Waals surface area (Å²) in [5.74, 6) is -0.903. The molecule has 1 aromatic carbocycles. The van der Waals surface area contributed by atoms with E-state index in [4.69, 9.17) is 20.3 Å². The topological polar surface area (TPSA) is 98.8 Å². The van der Waals surface area contributed by atoms with Crippen molar-refractivity contribution in [2.45, 2.75) is 13.0 Å². The summed E-state index contributed by atoms with van der Waals surface area (Å²) in [4.78, 5) is 21.4. The number of benzene rings is 1. The number of nitrogens with two attached hydrogens (primary N) is 1. The monoisotopic (exact) mass is 265 g/mol. The van der Waals surface area contributed by atoms with Gasteiger partial charge in [0.05, 0.1) is 7.11 Å². The molecule has 0 aliphatic carbocycles. The molecule has 1 unspecified atom stereocenters. The molecule has 1 amide bonds. The first-order chi connectivity index (χ1) is 8.93. The lowest BCUT2D eigenvalue weighted by molar-refractivity contribution is -0.131. The van der Waals surface area contributed by atoms with Gasteiger partial charge in [-0.15, -0.1) is 0 Å². The molecule has 6 nitrogen and oxygen atoms in total. The zero-order valence-corrected chi connectivity index (χ0v) is 10.6. The van der Waals surface area contributed by atoms with Crippen LogP contribution in [0.1, 0.15) is 12.5 Å². The lowest BCUT2D eigenvalue weighted by Crippen LogP contribution is -2.30. The van der Waals surface area contributed by atoms with E-state index in [9.17, 15) is 9.59 Å². The molecule has 1 atom stereocenters. The van der Waals surface area contributed by atoms with Gasteiger partial charge in [0.25, 0.3) is 5.91 Å². The molecule has 6 heteroatoms. The molecule has 0 saturated heterocycles. The van der Waals surface area contributed by atoms with Crippen LogP contribution in [0.5, 0.6) is 11.5 Å². The second-order valence-corrected chi connectivity index (χ2v) is 3.74. The summed E-state index contributed by atoms with van der Waals surface area (Å²) < 4.78 is 10.5. The molecule has 0 spiro atoms. The zero-order chi connectivity index (χ0) is 14.4. The first kappa shape index (κ1) is 14.6. The number of methoxy groups -OCH3 is 1. The predicted octanol–water partition coefficient (Wildman–Crippen LogP) is 1.05. The lowest BCUT2D eigenvalue weighted by Gasteiger charge is -2.14. The van der Waals surface area contributed by atoms with Gasteiger partial charge in [-0.2, -0.15) is 0 Å². The van der Waals surface area contributed by atoms with E-state index in [1.54, 1.807) is 18.2 Å². The van der Waals surface area contributed by atoms with Crippen molar-refractivity contribution in [3.63, 3.8) is 0 Å². The molecule has 3 N–H and O–H groups in total. The normalized spacial score (nSPS) is 12.1. The fraction of sp³-hybridized carbons (Fsp3) is 0.231. The van der Waals surface area contributed by atoms with Gasteiger partial charge in [-0.25, -0.2) is 4.79 Å². The number of hydrogen-bond donors (Lipinski definition) is 2. The molecule has 0 aliphatic rings. The van der Waals surface area contributed by atoms with Crippen LogP contribution in [0.25, 0.3) is 6.08 Å². The van der Waals surface area contributed by atoms with Crippen LogP contribution in [0, 0.1) is 0 Å². The molecule has 0 aliphatic heterocycles. The van der Waals surface area contributed by atoms with Crippen LogP contribution >= 0.6 is 0 Å². The van der Waals surface area contributed by atoms with E-state index in [2.05, 4.69) is 0 Å². The molecule has 0 heterocycles. The fourth-order valence-corrected chi connectivity index (χ4v) is 1.31. The Morgan fingerprint density at radius 3 is 2.58 bits per heavy atom. The molecule has 1 aromatic rings. The number of ether oxygens (including phenoxy) is 2. The highest BCUT2D eigenvalue weighted by molar-refractivity contribution is 5.85. The number of primary amides is 1. The minimum absolute atomic E-state index is 0.321. The summed E-state index contributed by atoms with van der Waals surface area (Å²) in [7, 11) is 1.46. The SMILES string of the molecule is COc1ccc(/C=C/C(=O)O)cc1OC(C)C(N)=O. The summed E-state index contributed by atoms with van der Waals surface area (Å²) in [6, 6.07) is 4.85. The van der Waals surface area contributed by atoms with Crippen LogP contribution in [-0.4, -0.2) is 30.2 Å². The maximum atomic E-state index is 11.0. The average molecular weight is 265 g/mol. The van der Waals surface area contributed by atoms with Gasteiger partial charge < -0.3 is 20.3 Å². The van der Waals surface area contributed by atoms with Crippen LogP contribution in [0.3, 0.4) is 0 Å². The summed E-state index contributed by atoms with van der Waals surface area (Å²) in [6.07, 6.45) is 1.60. The zero-order valence-electron chi connectivity index (χ0n) is 10.6. The van der Waals surface area contributed by atoms with Gasteiger partial charge in [-0.1, -0.05) is 6.07 Å². The van der Waals surface area contributed by atoms with E-state index >= 15 is 0 Å². The van der Waals surface area contributed by atoms with Crippen molar-refractivity contribution in [2.24, 2.45) is 5.73 Å². The molecule has 0 fully saturated rings. The largest absolute Gasteiger partial charge is 0.493 e. The van der Waals surface area contributed by atoms with Crippen molar-refractivity contribution in [2.75, 3.05) is 7.11 Å². The Kier molecular flexibility index (Phi) is 4.93. The van der Waals surface area contributed by atoms with Gasteiger partial charge in [0.1, 0.15) is 0 Å². The van der Waals surface area contributed by atoms with E-state index < -0.39 is 18.0 Å². The third kappa shape index (κ3) is 4.34. The van der Waals surface area contributed by atoms with Crippen LogP contribution in [0.4, 0.5) is 0 Å². The lowest BCUT2D eigenvalue weighted by atomic mass is 10.2. The number of aliphatic carboxylic acids is 1. The van der Waals surface area contributed by atoms with Crippen molar-refractivity contribution in [1.82, 2.24) is 0 Å². The predicted molar refractivity (Wildman–Crippen MR) is 68.9 cm³/mol. The molecule has 0 radical (unpaired) electrons. The highest BCUT2D eigenvalue weighted by Crippen LogP contribution is 2.29. The number of hydrogen-bond acceptors (Lipinski definition) is 4. The molecular weight excluding hydrogens is 250 g/mol. The highest BCUT2D eigenvalue weighted by atomic mass is 16.5. The molecule has 0 saturated carbocycles. The Morgan fingerprint density at radius 2 is 2.05 bits per heavy atom. The van der Waals surface area contributed by atoms with E-state index in [-0.39, 0.29) is 0 Å². The Labute approximate surface area is 110 Å². The number of amides is 1. The van der Waals surface area contributed by atoms with Crippen LogP contribution in [0.2, 0.25) is 0 Å². The molecular formula is C13H15NO5. The Bertz CT molecular complexity index is 510. The minimum atomic E-state index is -1.05. The Morgan fingerprint density at radius 1 is 1.37 bits per heavy atom. The van der Waals surface area contributed by atoms with Gasteiger partial charge >= 0.3 is 5.97 Å². The third-order valence-corrected chi connectivity index (χ3v) is 2.31. The number of carbonyl (C=O) groups is 2. The number of carboxylic acids is 1. The van der Waals surface area contributed by atoms with E-state index in [0.717, 1.165) is 6.08 Å². The van der Waals surface area contributed by atoms with Crippen LogP contribution in [0.15, 0.2) is 24.3 Å². The number of carbonyl (C=O) groups excluding carboxylic acids is 1. The summed E-state index contributed by atoms with van der Waals surface area (Å²) in [5.41, 5.74) is 5.72. The van der Waals surface area contributed by atoms with E-state index in [0.29, 0.717) is 17.1 Å². The van der Waals surface area contributed by atoms with E-state index in [1.807, 2.05) is 0 Å². The van der Waals surface area contributed by atoms with Crippen molar-refractivity contribution < 1.29 is 24.2 Å². The molecule has 19 heavy (non-hydrogen) atoms. The molecule has 102 valence electrons. The summed E-state index contributed by atoms with van der Waals surface area (Å²) >= 11 is 0. The van der Waals surface area contributed by atoms with Gasteiger partial charge in [0.15, 0.2) is 17.6 Å². The number of rotatable bonds is 6. The average Bonchev–Trinajstić information content (AvgIpc) is 2.36. The molecule has 0 aromatic heterocycles. The van der Waals surface area contributed by atoms with E-state index in [1.165, 1.54) is 20.1 Å². The van der Waals surface area contributed by atoms with Gasteiger partial charge in [-0.05, 0) is 30.7 Å². The summed E-state index contributed by atoms with van der Waals surface area (Å²) in [5, 5.41) is 8.56. The highest BCUT2D eigenvalue weighted by Gasteiger charge is 2.13. The van der Waals surface area contributed by atoms with Crippen LogP contribution in [-0.2, 0) is 9.59 Å².